The van der Waals surface area contributed by atoms with E-state index in [4.69, 9.17) is 11.5 Å². The van der Waals surface area contributed by atoms with Crippen LogP contribution in [0.4, 0.5) is 0 Å². The molecule has 0 aliphatic heterocycles. The molecule has 0 fully saturated rings. The molecule has 0 saturated heterocycles. The van der Waals surface area contributed by atoms with Crippen LogP contribution in [-0.2, 0) is 4.79 Å². The highest BCUT2D eigenvalue weighted by atomic mass is 16.1. The van der Waals surface area contributed by atoms with Gasteiger partial charge < -0.3 is 16.8 Å². The van der Waals surface area contributed by atoms with Gasteiger partial charge in [-0.15, -0.1) is 13.2 Å². The van der Waals surface area contributed by atoms with Crippen LogP contribution in [0.25, 0.3) is 0 Å². The summed E-state index contributed by atoms with van der Waals surface area (Å²) >= 11 is 0. The Morgan fingerprint density at radius 1 is 1.04 bits per heavy atom. The molecular formula is C22H27N3O2. The third-order valence-corrected chi connectivity index (χ3v) is 3.32. The van der Waals surface area contributed by atoms with Gasteiger partial charge in [0.05, 0.1) is 0 Å². The maximum atomic E-state index is 10.5. The molecule has 5 heteroatoms. The van der Waals surface area contributed by atoms with Gasteiger partial charge in [0.25, 0.3) is 0 Å². The van der Waals surface area contributed by atoms with Crippen molar-refractivity contribution in [3.8, 4) is 11.8 Å². The number of likely N-dealkylation sites (N-methyl/N-ethyl adjacent to an activating group) is 1. The number of amides is 1. The number of hydrogen-bond donors (Lipinski definition) is 3. The van der Waals surface area contributed by atoms with Gasteiger partial charge in [0, 0.05) is 22.7 Å². The molecule has 0 aromatic heterocycles. The average Bonchev–Trinajstić information content (AvgIpc) is 2.69. The quantitative estimate of drug-likeness (QED) is 0.439. The Kier molecular flexibility index (Phi) is 12.4. The lowest BCUT2D eigenvalue weighted by Crippen LogP contribution is -2.50. The van der Waals surface area contributed by atoms with E-state index in [1.165, 1.54) is 0 Å². The smallest absolute Gasteiger partial charge is 0.236 e. The predicted octanol–water partition coefficient (Wildman–Crippen LogP) is 2.11. The molecule has 0 bridgehead atoms. The summed E-state index contributed by atoms with van der Waals surface area (Å²) in [5.41, 5.74) is 12.9. The molecule has 5 nitrogen and oxygen atoms in total. The average molecular weight is 365 g/mol. The Bertz CT molecular complexity index is 745. The zero-order valence-electron chi connectivity index (χ0n) is 15.8. The number of aldehydes is 1. The van der Waals surface area contributed by atoms with E-state index in [-0.39, 0.29) is 6.04 Å². The zero-order valence-corrected chi connectivity index (χ0v) is 15.8. The highest BCUT2D eigenvalue weighted by Gasteiger charge is 2.16. The first kappa shape index (κ1) is 23.8. The molecule has 2 atom stereocenters. The lowest BCUT2D eigenvalue weighted by atomic mass is 10.1. The molecule has 5 N–H and O–H groups in total. The van der Waals surface area contributed by atoms with E-state index in [0.29, 0.717) is 5.56 Å². The van der Waals surface area contributed by atoms with Crippen LogP contribution in [0.15, 0.2) is 67.8 Å². The first-order valence-corrected chi connectivity index (χ1v) is 8.32. The minimum absolute atomic E-state index is 0.229. The molecule has 142 valence electrons. The van der Waals surface area contributed by atoms with Gasteiger partial charge >= 0.3 is 0 Å². The summed E-state index contributed by atoms with van der Waals surface area (Å²) in [5.74, 6) is 5.70. The van der Waals surface area contributed by atoms with Gasteiger partial charge in [0.2, 0.25) is 5.91 Å². The molecule has 0 saturated carbocycles. The molecule has 0 radical (unpaired) electrons. The van der Waals surface area contributed by atoms with Crippen LogP contribution in [0, 0.1) is 11.8 Å². The van der Waals surface area contributed by atoms with Gasteiger partial charge in [0.1, 0.15) is 12.3 Å². The zero-order chi connectivity index (χ0) is 20.7. The molecule has 2 aromatic carbocycles. The molecule has 0 aliphatic rings. The lowest BCUT2D eigenvalue weighted by Gasteiger charge is -2.14. The Labute approximate surface area is 161 Å². The number of nitrogens with two attached hydrogens (primary N) is 2. The summed E-state index contributed by atoms with van der Waals surface area (Å²) < 4.78 is 0. The molecule has 0 spiro atoms. The van der Waals surface area contributed by atoms with Crippen molar-refractivity contribution >= 4 is 12.2 Å². The van der Waals surface area contributed by atoms with Crippen molar-refractivity contribution in [1.82, 2.24) is 5.32 Å². The largest absolute Gasteiger partial charge is 0.368 e. The molecule has 2 aromatic rings. The van der Waals surface area contributed by atoms with Crippen molar-refractivity contribution in [3.05, 3.63) is 84.4 Å². The Balaban J connectivity index is 0.000000528. The number of rotatable bonds is 4. The van der Waals surface area contributed by atoms with Crippen LogP contribution in [0.5, 0.6) is 0 Å². The molecule has 1 amide bonds. The van der Waals surface area contributed by atoms with E-state index in [1.807, 2.05) is 42.5 Å². The first-order chi connectivity index (χ1) is 13.0. The Morgan fingerprint density at radius 3 is 1.85 bits per heavy atom. The van der Waals surface area contributed by atoms with Crippen molar-refractivity contribution in [3.63, 3.8) is 0 Å². The van der Waals surface area contributed by atoms with Crippen LogP contribution in [0.1, 0.15) is 28.4 Å². The molecule has 0 heterocycles. The van der Waals surface area contributed by atoms with Crippen molar-refractivity contribution in [2.75, 3.05) is 7.05 Å². The number of primary amides is 1. The van der Waals surface area contributed by atoms with E-state index in [0.717, 1.165) is 17.4 Å². The van der Waals surface area contributed by atoms with Crippen LogP contribution in [-0.4, -0.2) is 31.3 Å². The van der Waals surface area contributed by atoms with Gasteiger partial charge in [-0.1, -0.05) is 42.2 Å². The predicted molar refractivity (Wildman–Crippen MR) is 111 cm³/mol. The van der Waals surface area contributed by atoms with Gasteiger partial charge in [-0.2, -0.15) is 0 Å². The van der Waals surface area contributed by atoms with E-state index in [2.05, 4.69) is 30.3 Å². The summed E-state index contributed by atoms with van der Waals surface area (Å²) in [5, 5.41) is 2.70. The highest BCUT2D eigenvalue weighted by molar-refractivity contribution is 5.80. The topological polar surface area (TPSA) is 98.2 Å². The van der Waals surface area contributed by atoms with Gasteiger partial charge in [-0.25, -0.2) is 0 Å². The van der Waals surface area contributed by atoms with Crippen molar-refractivity contribution in [1.29, 1.82) is 0 Å². The standard InChI is InChI=1S/C15H10O.C5H13N3O.C2H4/c16-12-15-10-8-14(9-11-15)7-6-13-4-2-1-3-5-13;1-3(6)4(8-2)5(7)9;1-2/h1-5,8-12H;3-4,8H,6H2,1-2H3,(H2,7,9);1-2H2. The molecule has 0 aliphatic carbocycles. The first-order valence-electron chi connectivity index (χ1n) is 8.32. The maximum absolute atomic E-state index is 10.5. The summed E-state index contributed by atoms with van der Waals surface area (Å²) in [7, 11) is 1.65. The maximum Gasteiger partial charge on any atom is 0.236 e. The summed E-state index contributed by atoms with van der Waals surface area (Å²) in [6, 6.07) is 16.4. The van der Waals surface area contributed by atoms with Gasteiger partial charge in [-0.3, -0.25) is 9.59 Å². The van der Waals surface area contributed by atoms with E-state index >= 15 is 0 Å². The third-order valence-electron chi connectivity index (χ3n) is 3.32. The Hall–Kier alpha value is -3.20. The van der Waals surface area contributed by atoms with Crippen molar-refractivity contribution in [2.24, 2.45) is 11.5 Å². The normalized spacial score (nSPS) is 11.1. The minimum atomic E-state index is -0.412. The summed E-state index contributed by atoms with van der Waals surface area (Å²) in [6.45, 7) is 7.73. The van der Waals surface area contributed by atoms with Crippen molar-refractivity contribution < 1.29 is 9.59 Å². The molecular weight excluding hydrogens is 338 g/mol. The monoisotopic (exact) mass is 365 g/mol. The SMILES string of the molecule is C=C.CNC(C(N)=O)C(C)N.O=Cc1ccc(C#Cc2ccccc2)cc1. The second kappa shape index (κ2) is 14.0. The molecule has 2 rings (SSSR count). The van der Waals surface area contributed by atoms with E-state index in [9.17, 15) is 9.59 Å². The molecule has 2 unspecified atom stereocenters. The van der Waals surface area contributed by atoms with E-state index < -0.39 is 11.9 Å². The second-order valence-electron chi connectivity index (χ2n) is 5.38. The number of hydrogen-bond acceptors (Lipinski definition) is 4. The second-order valence-corrected chi connectivity index (χ2v) is 5.38. The fourth-order valence-corrected chi connectivity index (χ4v) is 1.98. The third kappa shape index (κ3) is 9.75. The fourth-order valence-electron chi connectivity index (χ4n) is 1.98. The minimum Gasteiger partial charge on any atom is -0.368 e. The van der Waals surface area contributed by atoms with Crippen LogP contribution >= 0.6 is 0 Å². The number of carbonyl (C=O) groups excluding carboxylic acids is 2. The van der Waals surface area contributed by atoms with Crippen molar-refractivity contribution in [2.45, 2.75) is 19.0 Å². The Morgan fingerprint density at radius 2 is 1.52 bits per heavy atom. The summed E-state index contributed by atoms with van der Waals surface area (Å²) in [4.78, 5) is 20.9. The van der Waals surface area contributed by atoms with Gasteiger partial charge in [-0.05, 0) is 38.2 Å². The van der Waals surface area contributed by atoms with E-state index in [1.54, 1.807) is 26.1 Å². The number of nitrogens with one attached hydrogen (secondary N) is 1. The van der Waals surface area contributed by atoms with Gasteiger partial charge in [0.15, 0.2) is 0 Å². The fraction of sp³-hybridized carbons (Fsp3) is 0.182. The number of carbonyl (C=O) groups is 2. The highest BCUT2D eigenvalue weighted by Crippen LogP contribution is 2.02. The van der Waals surface area contributed by atoms with Crippen LogP contribution < -0.4 is 16.8 Å². The lowest BCUT2D eigenvalue weighted by molar-refractivity contribution is -0.120. The molecule has 27 heavy (non-hydrogen) atoms. The van der Waals surface area contributed by atoms with Crippen LogP contribution in [0.3, 0.4) is 0 Å². The summed E-state index contributed by atoms with van der Waals surface area (Å²) in [6.07, 6.45) is 0.828. The number of benzene rings is 2. The van der Waals surface area contributed by atoms with Crippen LogP contribution in [0.2, 0.25) is 0 Å².